The molecule has 1 rings (SSSR count). The molecule has 1 heterocycles. The Hall–Kier alpha value is -0.610. The molecule has 100 valence electrons. The number of likely N-dealkylation sites (tertiary alicyclic amines) is 1. The molecule has 4 nitrogen and oxygen atoms in total. The van der Waals surface area contributed by atoms with Crippen molar-refractivity contribution in [3.05, 3.63) is 0 Å². The lowest BCUT2D eigenvalue weighted by molar-refractivity contribution is -0.131. The summed E-state index contributed by atoms with van der Waals surface area (Å²) >= 11 is 0. The largest absolute Gasteiger partial charge is 0.385 e. The predicted molar refractivity (Wildman–Crippen MR) is 69.0 cm³/mol. The van der Waals surface area contributed by atoms with Crippen LogP contribution in [-0.2, 0) is 9.53 Å². The van der Waals surface area contributed by atoms with Crippen molar-refractivity contribution >= 4 is 5.91 Å². The highest BCUT2D eigenvalue weighted by atomic mass is 16.5. The Balaban J connectivity index is 1.92. The predicted octanol–water partition coefficient (Wildman–Crippen LogP) is 1.41. The van der Waals surface area contributed by atoms with Crippen LogP contribution in [0.25, 0.3) is 0 Å². The number of methoxy groups -OCH3 is 1. The molecule has 0 spiro atoms. The van der Waals surface area contributed by atoms with E-state index >= 15 is 0 Å². The van der Waals surface area contributed by atoms with Gasteiger partial charge in [-0.05, 0) is 38.6 Å². The zero-order chi connectivity index (χ0) is 12.3. The second-order valence-electron chi connectivity index (χ2n) is 4.64. The Kier molecular flexibility index (Phi) is 8.01. The molecule has 0 bridgehead atoms. The lowest BCUT2D eigenvalue weighted by Crippen LogP contribution is -2.37. The van der Waals surface area contributed by atoms with E-state index in [0.717, 1.165) is 45.6 Å². The molecule has 0 aromatic carbocycles. The van der Waals surface area contributed by atoms with Crippen LogP contribution in [0, 0.1) is 0 Å². The average Bonchev–Trinajstić information content (AvgIpc) is 2.38. The third-order valence-electron chi connectivity index (χ3n) is 3.18. The molecule has 1 fully saturated rings. The van der Waals surface area contributed by atoms with Gasteiger partial charge in [-0.2, -0.15) is 0 Å². The van der Waals surface area contributed by atoms with Gasteiger partial charge in [0.2, 0.25) is 5.91 Å². The first-order valence-electron chi connectivity index (χ1n) is 6.82. The number of rotatable bonds is 8. The maximum Gasteiger partial charge on any atom is 0.223 e. The molecule has 17 heavy (non-hydrogen) atoms. The summed E-state index contributed by atoms with van der Waals surface area (Å²) in [5.41, 5.74) is 0. The number of carbonyl (C=O) groups excluding carboxylic acids is 1. The van der Waals surface area contributed by atoms with Crippen molar-refractivity contribution in [2.75, 3.05) is 39.9 Å². The van der Waals surface area contributed by atoms with Crippen LogP contribution >= 0.6 is 0 Å². The topological polar surface area (TPSA) is 41.6 Å². The summed E-state index contributed by atoms with van der Waals surface area (Å²) in [6.07, 6.45) is 6.48. The molecule has 0 aliphatic carbocycles. The molecule has 1 amide bonds. The Morgan fingerprint density at radius 2 is 1.94 bits per heavy atom. The number of hydrogen-bond donors (Lipinski definition) is 1. The molecule has 0 aromatic rings. The van der Waals surface area contributed by atoms with Gasteiger partial charge in [-0.15, -0.1) is 0 Å². The zero-order valence-corrected chi connectivity index (χ0v) is 11.0. The number of carbonyl (C=O) groups is 1. The lowest BCUT2D eigenvalue weighted by atomic mass is 10.1. The smallest absolute Gasteiger partial charge is 0.223 e. The van der Waals surface area contributed by atoms with Gasteiger partial charge in [0.15, 0.2) is 0 Å². The highest BCUT2D eigenvalue weighted by Gasteiger charge is 2.15. The first-order valence-corrected chi connectivity index (χ1v) is 6.82. The second kappa shape index (κ2) is 9.42. The number of ether oxygens (including phenoxy) is 1. The van der Waals surface area contributed by atoms with Gasteiger partial charge in [-0.1, -0.05) is 0 Å². The van der Waals surface area contributed by atoms with Crippen molar-refractivity contribution in [3.8, 4) is 0 Å². The van der Waals surface area contributed by atoms with E-state index in [2.05, 4.69) is 5.32 Å². The van der Waals surface area contributed by atoms with Gasteiger partial charge in [-0.3, -0.25) is 4.79 Å². The Morgan fingerprint density at radius 1 is 1.18 bits per heavy atom. The van der Waals surface area contributed by atoms with Crippen molar-refractivity contribution in [1.29, 1.82) is 0 Å². The molecular formula is C13H26N2O2. The first kappa shape index (κ1) is 14.5. The molecule has 0 saturated carbocycles. The van der Waals surface area contributed by atoms with Gasteiger partial charge in [0.25, 0.3) is 0 Å². The van der Waals surface area contributed by atoms with E-state index in [1.807, 2.05) is 4.90 Å². The molecule has 1 saturated heterocycles. The molecule has 1 N–H and O–H groups in total. The fourth-order valence-corrected chi connectivity index (χ4v) is 2.12. The van der Waals surface area contributed by atoms with Crippen molar-refractivity contribution in [1.82, 2.24) is 10.2 Å². The van der Waals surface area contributed by atoms with Gasteiger partial charge in [0.1, 0.15) is 0 Å². The van der Waals surface area contributed by atoms with E-state index in [9.17, 15) is 4.79 Å². The molecule has 0 radical (unpaired) electrons. The summed E-state index contributed by atoms with van der Waals surface area (Å²) in [7, 11) is 1.73. The van der Waals surface area contributed by atoms with Crippen LogP contribution in [0.1, 0.15) is 38.5 Å². The zero-order valence-electron chi connectivity index (χ0n) is 11.0. The number of nitrogens with zero attached hydrogens (tertiary/aromatic N) is 1. The minimum Gasteiger partial charge on any atom is -0.385 e. The van der Waals surface area contributed by atoms with E-state index in [1.165, 1.54) is 19.3 Å². The summed E-state index contributed by atoms with van der Waals surface area (Å²) in [4.78, 5) is 13.8. The maximum atomic E-state index is 11.8. The third-order valence-corrected chi connectivity index (χ3v) is 3.18. The summed E-state index contributed by atoms with van der Waals surface area (Å²) in [5, 5.41) is 3.31. The molecule has 0 aromatic heterocycles. The normalized spacial score (nSPS) is 16.2. The number of amides is 1. The van der Waals surface area contributed by atoms with Crippen molar-refractivity contribution in [2.45, 2.75) is 38.5 Å². The van der Waals surface area contributed by atoms with E-state index in [-0.39, 0.29) is 0 Å². The minimum atomic E-state index is 0.314. The van der Waals surface area contributed by atoms with Crippen LogP contribution in [0.3, 0.4) is 0 Å². The highest BCUT2D eigenvalue weighted by molar-refractivity contribution is 5.76. The number of piperidine rings is 1. The third kappa shape index (κ3) is 6.64. The van der Waals surface area contributed by atoms with Crippen molar-refractivity contribution in [2.24, 2.45) is 0 Å². The molecular weight excluding hydrogens is 216 g/mol. The molecule has 0 atom stereocenters. The monoisotopic (exact) mass is 242 g/mol. The van der Waals surface area contributed by atoms with Crippen LogP contribution in [0.4, 0.5) is 0 Å². The molecule has 4 heteroatoms. The van der Waals surface area contributed by atoms with Crippen molar-refractivity contribution < 1.29 is 9.53 Å². The van der Waals surface area contributed by atoms with E-state index in [1.54, 1.807) is 7.11 Å². The summed E-state index contributed by atoms with van der Waals surface area (Å²) in [5.74, 6) is 0.314. The van der Waals surface area contributed by atoms with E-state index in [0.29, 0.717) is 12.3 Å². The molecule has 1 aliphatic rings. The number of nitrogens with one attached hydrogen (secondary N) is 1. The van der Waals surface area contributed by atoms with Crippen LogP contribution in [0.15, 0.2) is 0 Å². The number of unbranched alkanes of at least 4 members (excludes halogenated alkanes) is 1. The first-order chi connectivity index (χ1) is 8.34. The SMILES string of the molecule is COCCCCNCCC(=O)N1CCCCC1. The van der Waals surface area contributed by atoms with Crippen LogP contribution in [-0.4, -0.2) is 50.7 Å². The van der Waals surface area contributed by atoms with Gasteiger partial charge in [0, 0.05) is 39.8 Å². The molecule has 1 aliphatic heterocycles. The van der Waals surface area contributed by atoms with Crippen LogP contribution in [0.2, 0.25) is 0 Å². The lowest BCUT2D eigenvalue weighted by Gasteiger charge is -2.26. The fourth-order valence-electron chi connectivity index (χ4n) is 2.12. The summed E-state index contributed by atoms with van der Waals surface area (Å²) in [6.45, 7) is 4.55. The van der Waals surface area contributed by atoms with Crippen LogP contribution < -0.4 is 5.32 Å². The quantitative estimate of drug-likeness (QED) is 0.654. The van der Waals surface area contributed by atoms with Crippen molar-refractivity contribution in [3.63, 3.8) is 0 Å². The minimum absolute atomic E-state index is 0.314. The van der Waals surface area contributed by atoms with Gasteiger partial charge >= 0.3 is 0 Å². The van der Waals surface area contributed by atoms with Gasteiger partial charge in [-0.25, -0.2) is 0 Å². The Morgan fingerprint density at radius 3 is 2.65 bits per heavy atom. The second-order valence-corrected chi connectivity index (χ2v) is 4.64. The Labute approximate surface area is 105 Å². The highest BCUT2D eigenvalue weighted by Crippen LogP contribution is 2.09. The maximum absolute atomic E-state index is 11.8. The average molecular weight is 242 g/mol. The standard InChI is InChI=1S/C13H26N2O2/c1-17-12-6-3-8-14-9-7-13(16)15-10-4-2-5-11-15/h14H,2-12H2,1H3. The summed E-state index contributed by atoms with van der Waals surface area (Å²) in [6, 6.07) is 0. The van der Waals surface area contributed by atoms with E-state index < -0.39 is 0 Å². The van der Waals surface area contributed by atoms with E-state index in [4.69, 9.17) is 4.74 Å². The number of hydrogen-bond acceptors (Lipinski definition) is 3. The van der Waals surface area contributed by atoms with Gasteiger partial charge < -0.3 is 15.0 Å². The molecule has 0 unspecified atom stereocenters. The summed E-state index contributed by atoms with van der Waals surface area (Å²) < 4.78 is 4.98. The fraction of sp³-hybridized carbons (Fsp3) is 0.923. The Bertz CT molecular complexity index is 204. The van der Waals surface area contributed by atoms with Crippen LogP contribution in [0.5, 0.6) is 0 Å². The van der Waals surface area contributed by atoms with Gasteiger partial charge in [0.05, 0.1) is 0 Å².